The Bertz CT molecular complexity index is 1410. The number of imidazole rings is 1. The summed E-state index contributed by atoms with van der Waals surface area (Å²) in [5, 5.41) is 7.20. The quantitative estimate of drug-likeness (QED) is 0.393. The third-order valence-corrected chi connectivity index (χ3v) is 7.24. The van der Waals surface area contributed by atoms with Gasteiger partial charge in [-0.25, -0.2) is 17.7 Å². The Kier molecular flexibility index (Phi) is 6.75. The first kappa shape index (κ1) is 23.6. The number of nitrogens with zero attached hydrogens (tertiary/aromatic N) is 6. The van der Waals surface area contributed by atoms with Crippen LogP contribution in [0.5, 0.6) is 0 Å². The number of carbonyl (C=O) groups is 1. The number of fused-ring (bicyclic) bond motifs is 1. The van der Waals surface area contributed by atoms with Gasteiger partial charge in [0.2, 0.25) is 15.9 Å². The van der Waals surface area contributed by atoms with Crippen LogP contribution in [0.2, 0.25) is 0 Å². The van der Waals surface area contributed by atoms with E-state index >= 15 is 0 Å². The number of benzene rings is 1. The van der Waals surface area contributed by atoms with E-state index < -0.39 is 10.0 Å². The Morgan fingerprint density at radius 1 is 1.15 bits per heavy atom. The van der Waals surface area contributed by atoms with Crippen LogP contribution in [0.15, 0.2) is 59.8 Å². The van der Waals surface area contributed by atoms with Crippen molar-refractivity contribution < 1.29 is 13.2 Å². The van der Waals surface area contributed by atoms with Gasteiger partial charge in [0, 0.05) is 51.9 Å². The number of sulfonamides is 1. The molecule has 0 unspecified atom stereocenters. The second-order valence-corrected chi connectivity index (χ2v) is 10.1. The van der Waals surface area contributed by atoms with Crippen LogP contribution in [0.3, 0.4) is 0 Å². The fraction of sp³-hybridized carbons (Fsp3) is 0.304. The summed E-state index contributed by atoms with van der Waals surface area (Å²) in [6.07, 6.45) is 4.16. The van der Waals surface area contributed by atoms with Crippen LogP contribution >= 0.6 is 0 Å². The van der Waals surface area contributed by atoms with Crippen molar-refractivity contribution in [3.63, 3.8) is 0 Å². The lowest BCUT2D eigenvalue weighted by molar-refractivity contribution is -0.116. The number of aryl methyl sites for hydroxylation is 2. The SMILES string of the molecule is CCn1c(CCC(=O)Nc2ccn(Cc3ccccn3)n2)nc2cc(S(=O)(=O)N(C)C)ccc21. The minimum Gasteiger partial charge on any atom is -0.328 e. The second kappa shape index (κ2) is 9.74. The summed E-state index contributed by atoms with van der Waals surface area (Å²) >= 11 is 0. The van der Waals surface area contributed by atoms with Gasteiger partial charge < -0.3 is 9.88 Å². The molecule has 0 fully saturated rings. The standard InChI is InChI=1S/C23H27N7O3S/c1-4-30-20-9-8-18(34(32,33)28(2)3)15-19(20)25-22(30)10-11-23(31)26-21-12-14-29(27-21)16-17-7-5-6-13-24-17/h5-9,12-15H,4,10-11,16H2,1-3H3,(H,26,27,31). The van der Waals surface area contributed by atoms with Crippen molar-refractivity contribution in [3.05, 3.63) is 66.4 Å². The molecule has 0 bridgehead atoms. The van der Waals surface area contributed by atoms with E-state index in [1.54, 1.807) is 41.3 Å². The average molecular weight is 482 g/mol. The van der Waals surface area contributed by atoms with Gasteiger partial charge >= 0.3 is 0 Å². The molecule has 4 rings (SSSR count). The van der Waals surface area contributed by atoms with Crippen molar-refractivity contribution in [2.24, 2.45) is 0 Å². The van der Waals surface area contributed by atoms with Gasteiger partial charge in [0.1, 0.15) is 5.82 Å². The van der Waals surface area contributed by atoms with Gasteiger partial charge in [-0.05, 0) is 37.3 Å². The minimum absolute atomic E-state index is 0.173. The molecular formula is C23H27N7O3S. The number of anilines is 1. The molecule has 178 valence electrons. The first-order valence-corrected chi connectivity index (χ1v) is 12.4. The fourth-order valence-corrected chi connectivity index (χ4v) is 4.60. The van der Waals surface area contributed by atoms with Crippen LogP contribution < -0.4 is 5.32 Å². The molecule has 0 atom stereocenters. The summed E-state index contributed by atoms with van der Waals surface area (Å²) in [5.74, 6) is 1.03. The zero-order valence-corrected chi connectivity index (χ0v) is 20.2. The van der Waals surface area contributed by atoms with Crippen molar-refractivity contribution in [2.45, 2.75) is 37.8 Å². The number of rotatable bonds is 9. The van der Waals surface area contributed by atoms with Gasteiger partial charge in [-0.2, -0.15) is 5.10 Å². The maximum atomic E-state index is 12.5. The third-order valence-electron chi connectivity index (χ3n) is 5.43. The Labute approximate surface area is 198 Å². The predicted molar refractivity (Wildman–Crippen MR) is 129 cm³/mol. The molecule has 0 spiro atoms. The van der Waals surface area contributed by atoms with Crippen LogP contribution in [0.1, 0.15) is 24.9 Å². The molecule has 0 aliphatic heterocycles. The van der Waals surface area contributed by atoms with Gasteiger partial charge in [0.05, 0.1) is 28.2 Å². The second-order valence-electron chi connectivity index (χ2n) is 7.98. The summed E-state index contributed by atoms with van der Waals surface area (Å²) in [7, 11) is -0.558. The van der Waals surface area contributed by atoms with Gasteiger partial charge in [-0.3, -0.25) is 14.5 Å². The Morgan fingerprint density at radius 3 is 2.68 bits per heavy atom. The topological polar surface area (TPSA) is 115 Å². The smallest absolute Gasteiger partial charge is 0.242 e. The molecule has 3 aromatic heterocycles. The summed E-state index contributed by atoms with van der Waals surface area (Å²) in [6, 6.07) is 12.4. The third kappa shape index (κ3) is 5.00. The summed E-state index contributed by atoms with van der Waals surface area (Å²) in [5.41, 5.74) is 2.31. The lowest BCUT2D eigenvalue weighted by Crippen LogP contribution is -2.22. The Hall–Kier alpha value is -3.57. The van der Waals surface area contributed by atoms with E-state index in [2.05, 4.69) is 20.4 Å². The highest BCUT2D eigenvalue weighted by molar-refractivity contribution is 7.89. The molecule has 4 aromatic rings. The van der Waals surface area contributed by atoms with Crippen molar-refractivity contribution in [3.8, 4) is 0 Å². The van der Waals surface area contributed by atoms with Crippen LogP contribution in [-0.4, -0.2) is 57.0 Å². The summed E-state index contributed by atoms with van der Waals surface area (Å²) in [6.45, 7) is 3.16. The van der Waals surface area contributed by atoms with E-state index in [4.69, 9.17) is 0 Å². The number of carbonyl (C=O) groups excluding carboxylic acids is 1. The van der Waals surface area contributed by atoms with Crippen molar-refractivity contribution in [1.29, 1.82) is 0 Å². The van der Waals surface area contributed by atoms with Gasteiger partial charge in [-0.1, -0.05) is 6.07 Å². The minimum atomic E-state index is -3.55. The van der Waals surface area contributed by atoms with E-state index in [0.29, 0.717) is 30.8 Å². The van der Waals surface area contributed by atoms with Crippen LogP contribution in [0.25, 0.3) is 11.0 Å². The molecule has 1 N–H and O–H groups in total. The Morgan fingerprint density at radius 2 is 1.97 bits per heavy atom. The molecule has 10 nitrogen and oxygen atoms in total. The zero-order chi connectivity index (χ0) is 24.3. The van der Waals surface area contributed by atoms with Crippen molar-refractivity contribution in [1.82, 2.24) is 28.6 Å². The van der Waals surface area contributed by atoms with E-state index in [9.17, 15) is 13.2 Å². The predicted octanol–water partition coefficient (Wildman–Crippen LogP) is 2.52. The fourth-order valence-electron chi connectivity index (χ4n) is 3.68. The summed E-state index contributed by atoms with van der Waals surface area (Å²) in [4.78, 5) is 21.6. The van der Waals surface area contributed by atoms with E-state index in [1.165, 1.54) is 18.4 Å². The average Bonchev–Trinajstić information content (AvgIpc) is 3.40. The molecule has 34 heavy (non-hydrogen) atoms. The summed E-state index contributed by atoms with van der Waals surface area (Å²) < 4.78 is 29.8. The number of hydrogen-bond acceptors (Lipinski definition) is 6. The highest BCUT2D eigenvalue weighted by Gasteiger charge is 2.20. The molecule has 11 heteroatoms. The first-order valence-electron chi connectivity index (χ1n) is 10.9. The molecule has 0 radical (unpaired) electrons. The van der Waals surface area contributed by atoms with E-state index in [1.807, 2.05) is 29.7 Å². The van der Waals surface area contributed by atoms with Crippen molar-refractivity contribution >= 4 is 32.8 Å². The molecule has 0 saturated carbocycles. The lowest BCUT2D eigenvalue weighted by atomic mass is 10.2. The maximum absolute atomic E-state index is 12.5. The molecular weight excluding hydrogens is 454 g/mol. The number of pyridine rings is 1. The molecule has 0 saturated heterocycles. The van der Waals surface area contributed by atoms with Gasteiger partial charge in [0.25, 0.3) is 0 Å². The number of hydrogen-bond donors (Lipinski definition) is 1. The normalized spacial score (nSPS) is 11.9. The Balaban J connectivity index is 1.43. The highest BCUT2D eigenvalue weighted by Crippen LogP contribution is 2.23. The van der Waals surface area contributed by atoms with Gasteiger partial charge in [0.15, 0.2) is 5.82 Å². The van der Waals surface area contributed by atoms with Crippen LogP contribution in [0, 0.1) is 0 Å². The van der Waals surface area contributed by atoms with Crippen LogP contribution in [0.4, 0.5) is 5.82 Å². The highest BCUT2D eigenvalue weighted by atomic mass is 32.2. The van der Waals surface area contributed by atoms with Gasteiger partial charge in [-0.15, -0.1) is 0 Å². The molecule has 1 aromatic carbocycles. The van der Waals surface area contributed by atoms with E-state index in [-0.39, 0.29) is 17.2 Å². The molecule has 0 aliphatic rings. The molecule has 0 aliphatic carbocycles. The van der Waals surface area contributed by atoms with Crippen LogP contribution in [-0.2, 0) is 34.3 Å². The monoisotopic (exact) mass is 481 g/mol. The first-order chi connectivity index (χ1) is 16.3. The number of amides is 1. The molecule has 1 amide bonds. The maximum Gasteiger partial charge on any atom is 0.242 e. The number of nitrogens with one attached hydrogen (secondary N) is 1. The number of aromatic nitrogens is 5. The zero-order valence-electron chi connectivity index (χ0n) is 19.3. The molecule has 3 heterocycles. The largest absolute Gasteiger partial charge is 0.328 e. The van der Waals surface area contributed by atoms with Crippen molar-refractivity contribution in [2.75, 3.05) is 19.4 Å². The van der Waals surface area contributed by atoms with E-state index in [0.717, 1.165) is 17.0 Å². The lowest BCUT2D eigenvalue weighted by Gasteiger charge is -2.11.